The molecule has 0 bridgehead atoms. The van der Waals surface area contributed by atoms with Crippen molar-refractivity contribution in [2.75, 3.05) is 5.73 Å². The number of carbonyl (C=O) groups excluding carboxylic acids is 1. The molecule has 0 saturated heterocycles. The number of hydrogen-bond donors (Lipinski definition) is 2. The topological polar surface area (TPSA) is 68.0 Å². The van der Waals surface area contributed by atoms with Gasteiger partial charge >= 0.3 is 0 Å². The van der Waals surface area contributed by atoms with Gasteiger partial charge in [-0.3, -0.25) is 4.79 Å². The SMILES string of the molecule is CC1(C)CCC(NC(=O)c2ccc(N)nc2)CC1. The first-order valence-corrected chi connectivity index (χ1v) is 6.49. The summed E-state index contributed by atoms with van der Waals surface area (Å²) in [5.74, 6) is 0.387. The van der Waals surface area contributed by atoms with Crippen LogP contribution in [0.3, 0.4) is 0 Å². The lowest BCUT2D eigenvalue weighted by Crippen LogP contribution is -2.39. The third kappa shape index (κ3) is 3.22. The van der Waals surface area contributed by atoms with Crippen LogP contribution in [-0.2, 0) is 0 Å². The average molecular weight is 247 g/mol. The summed E-state index contributed by atoms with van der Waals surface area (Å²) in [6.45, 7) is 4.57. The summed E-state index contributed by atoms with van der Waals surface area (Å²) < 4.78 is 0. The van der Waals surface area contributed by atoms with Crippen LogP contribution in [0.15, 0.2) is 18.3 Å². The van der Waals surface area contributed by atoms with Gasteiger partial charge in [0.05, 0.1) is 5.56 Å². The van der Waals surface area contributed by atoms with Crippen LogP contribution in [0.2, 0.25) is 0 Å². The summed E-state index contributed by atoms with van der Waals surface area (Å²) >= 11 is 0. The van der Waals surface area contributed by atoms with Crippen molar-refractivity contribution in [2.45, 2.75) is 45.6 Å². The molecule has 1 aromatic heterocycles. The molecule has 1 heterocycles. The number of nitrogen functional groups attached to an aromatic ring is 1. The molecular formula is C14H21N3O. The maximum absolute atomic E-state index is 12.0. The molecule has 2 rings (SSSR count). The Bertz CT molecular complexity index is 415. The molecule has 0 radical (unpaired) electrons. The van der Waals surface area contributed by atoms with E-state index in [1.807, 2.05) is 0 Å². The second-order valence-corrected chi connectivity index (χ2v) is 5.88. The van der Waals surface area contributed by atoms with E-state index in [1.165, 1.54) is 6.20 Å². The van der Waals surface area contributed by atoms with Crippen LogP contribution in [0.25, 0.3) is 0 Å². The van der Waals surface area contributed by atoms with Gasteiger partial charge in [-0.25, -0.2) is 4.98 Å². The molecule has 1 aliphatic rings. The maximum Gasteiger partial charge on any atom is 0.253 e. The van der Waals surface area contributed by atoms with Crippen molar-refractivity contribution in [2.24, 2.45) is 5.41 Å². The number of rotatable bonds is 2. The highest BCUT2D eigenvalue weighted by atomic mass is 16.1. The number of anilines is 1. The Morgan fingerprint density at radius 3 is 2.61 bits per heavy atom. The lowest BCUT2D eigenvalue weighted by molar-refractivity contribution is 0.0908. The van der Waals surface area contributed by atoms with Crippen molar-refractivity contribution in [3.63, 3.8) is 0 Å². The molecule has 0 atom stereocenters. The molecular weight excluding hydrogens is 226 g/mol. The zero-order valence-electron chi connectivity index (χ0n) is 11.1. The van der Waals surface area contributed by atoms with Crippen molar-refractivity contribution in [3.05, 3.63) is 23.9 Å². The van der Waals surface area contributed by atoms with Crippen molar-refractivity contribution in [1.82, 2.24) is 10.3 Å². The number of aromatic nitrogens is 1. The van der Waals surface area contributed by atoms with Gasteiger partial charge in [0.15, 0.2) is 0 Å². The van der Waals surface area contributed by atoms with Crippen LogP contribution in [0.1, 0.15) is 49.9 Å². The van der Waals surface area contributed by atoms with Crippen LogP contribution in [-0.4, -0.2) is 16.9 Å². The van der Waals surface area contributed by atoms with Gasteiger partial charge in [-0.2, -0.15) is 0 Å². The number of nitrogens with two attached hydrogens (primary N) is 1. The van der Waals surface area contributed by atoms with Gasteiger partial charge < -0.3 is 11.1 Å². The summed E-state index contributed by atoms with van der Waals surface area (Å²) in [6, 6.07) is 3.66. The van der Waals surface area contributed by atoms with Crippen molar-refractivity contribution in [1.29, 1.82) is 0 Å². The molecule has 3 N–H and O–H groups in total. The largest absolute Gasteiger partial charge is 0.384 e. The Balaban J connectivity index is 1.90. The number of amides is 1. The van der Waals surface area contributed by atoms with Gasteiger partial charge in [0.2, 0.25) is 0 Å². The standard InChI is InChI=1S/C14H21N3O/c1-14(2)7-5-11(6-8-14)17-13(18)10-3-4-12(15)16-9-10/h3-4,9,11H,5-8H2,1-2H3,(H2,15,16)(H,17,18). The highest BCUT2D eigenvalue weighted by Gasteiger charge is 2.27. The third-order valence-corrected chi connectivity index (χ3v) is 3.72. The van der Waals surface area contributed by atoms with E-state index in [9.17, 15) is 4.79 Å². The Labute approximate surface area is 108 Å². The molecule has 1 saturated carbocycles. The van der Waals surface area contributed by atoms with E-state index >= 15 is 0 Å². The normalized spacial score (nSPS) is 19.4. The van der Waals surface area contributed by atoms with E-state index in [-0.39, 0.29) is 5.91 Å². The Kier molecular flexibility index (Phi) is 3.55. The number of carbonyl (C=O) groups is 1. The molecule has 0 unspecified atom stereocenters. The lowest BCUT2D eigenvalue weighted by atomic mass is 9.75. The summed E-state index contributed by atoms with van der Waals surface area (Å²) in [7, 11) is 0. The summed E-state index contributed by atoms with van der Waals surface area (Å²) in [5.41, 5.74) is 6.50. The zero-order chi connectivity index (χ0) is 13.2. The number of nitrogens with one attached hydrogen (secondary N) is 1. The Morgan fingerprint density at radius 2 is 2.06 bits per heavy atom. The van der Waals surface area contributed by atoms with Gasteiger partial charge in [0.25, 0.3) is 5.91 Å². The quantitative estimate of drug-likeness (QED) is 0.843. The fourth-order valence-corrected chi connectivity index (χ4v) is 2.35. The molecule has 4 nitrogen and oxygen atoms in total. The fraction of sp³-hybridized carbons (Fsp3) is 0.571. The summed E-state index contributed by atoms with van der Waals surface area (Å²) in [6.07, 6.45) is 5.97. The first-order valence-electron chi connectivity index (χ1n) is 6.49. The molecule has 0 aliphatic heterocycles. The van der Waals surface area contributed by atoms with Crippen molar-refractivity contribution < 1.29 is 4.79 Å². The smallest absolute Gasteiger partial charge is 0.253 e. The first kappa shape index (κ1) is 12.9. The maximum atomic E-state index is 12.0. The minimum Gasteiger partial charge on any atom is -0.384 e. The van der Waals surface area contributed by atoms with Gasteiger partial charge in [-0.05, 0) is 43.2 Å². The second-order valence-electron chi connectivity index (χ2n) is 5.88. The van der Waals surface area contributed by atoms with Gasteiger partial charge in [-0.15, -0.1) is 0 Å². The predicted molar refractivity (Wildman–Crippen MR) is 72.2 cm³/mol. The highest BCUT2D eigenvalue weighted by molar-refractivity contribution is 5.94. The van der Waals surface area contributed by atoms with E-state index < -0.39 is 0 Å². The molecule has 0 spiro atoms. The molecule has 1 aromatic rings. The van der Waals surface area contributed by atoms with Crippen LogP contribution in [0.4, 0.5) is 5.82 Å². The highest BCUT2D eigenvalue weighted by Crippen LogP contribution is 2.35. The molecule has 18 heavy (non-hydrogen) atoms. The molecule has 1 fully saturated rings. The molecule has 1 amide bonds. The Hall–Kier alpha value is -1.58. The van der Waals surface area contributed by atoms with E-state index in [1.54, 1.807) is 12.1 Å². The monoisotopic (exact) mass is 247 g/mol. The number of nitrogens with zero attached hydrogens (tertiary/aromatic N) is 1. The van der Waals surface area contributed by atoms with Crippen LogP contribution in [0.5, 0.6) is 0 Å². The minimum atomic E-state index is -0.0489. The molecule has 1 aliphatic carbocycles. The van der Waals surface area contributed by atoms with Crippen LogP contribution < -0.4 is 11.1 Å². The van der Waals surface area contributed by atoms with Gasteiger partial charge in [0, 0.05) is 12.2 Å². The fourth-order valence-electron chi connectivity index (χ4n) is 2.35. The third-order valence-electron chi connectivity index (χ3n) is 3.72. The van der Waals surface area contributed by atoms with Gasteiger partial charge in [0.1, 0.15) is 5.82 Å². The zero-order valence-corrected chi connectivity index (χ0v) is 11.1. The first-order chi connectivity index (χ1) is 8.46. The summed E-state index contributed by atoms with van der Waals surface area (Å²) in [5, 5.41) is 3.07. The number of hydrogen-bond acceptors (Lipinski definition) is 3. The van der Waals surface area contributed by atoms with Crippen LogP contribution >= 0.6 is 0 Å². The minimum absolute atomic E-state index is 0.0489. The Morgan fingerprint density at radius 1 is 1.39 bits per heavy atom. The molecule has 98 valence electrons. The molecule has 4 heteroatoms. The summed E-state index contributed by atoms with van der Waals surface area (Å²) in [4.78, 5) is 15.9. The predicted octanol–water partition coefficient (Wildman–Crippen LogP) is 2.36. The van der Waals surface area contributed by atoms with E-state index in [0.29, 0.717) is 22.8 Å². The number of pyridine rings is 1. The van der Waals surface area contributed by atoms with Crippen molar-refractivity contribution in [3.8, 4) is 0 Å². The van der Waals surface area contributed by atoms with Crippen LogP contribution in [0, 0.1) is 5.41 Å². The average Bonchev–Trinajstić information content (AvgIpc) is 2.33. The van der Waals surface area contributed by atoms with Gasteiger partial charge in [-0.1, -0.05) is 13.8 Å². The molecule has 0 aromatic carbocycles. The van der Waals surface area contributed by atoms with E-state index in [0.717, 1.165) is 25.7 Å². The van der Waals surface area contributed by atoms with E-state index in [2.05, 4.69) is 24.1 Å². The lowest BCUT2D eigenvalue weighted by Gasteiger charge is -2.34. The second kappa shape index (κ2) is 4.96. The van der Waals surface area contributed by atoms with Crippen molar-refractivity contribution >= 4 is 11.7 Å². The van der Waals surface area contributed by atoms with E-state index in [4.69, 9.17) is 5.73 Å².